The minimum absolute atomic E-state index is 0.967. The van der Waals surface area contributed by atoms with Crippen LogP contribution in [0.5, 0.6) is 0 Å². The quantitative estimate of drug-likeness (QED) is 0.371. The van der Waals surface area contributed by atoms with Crippen molar-refractivity contribution in [1.29, 1.82) is 0 Å². The van der Waals surface area contributed by atoms with Gasteiger partial charge in [0.05, 0.1) is 0 Å². The van der Waals surface area contributed by atoms with Crippen molar-refractivity contribution in [2.45, 2.75) is 61.7 Å². The summed E-state index contributed by atoms with van der Waals surface area (Å²) in [7, 11) is 0. The maximum Gasteiger partial charge on any atom is 0.0110 e. The van der Waals surface area contributed by atoms with E-state index in [1.807, 2.05) is 0 Å². The first kappa shape index (κ1) is 12.9. The Morgan fingerprint density at radius 2 is 1.38 bits per heavy atom. The fourth-order valence-corrected chi connectivity index (χ4v) is 4.40. The van der Waals surface area contributed by atoms with Crippen molar-refractivity contribution >= 4 is 22.6 Å². The third kappa shape index (κ3) is 3.48. The molecule has 0 aromatic heterocycles. The fraction of sp³-hybridized carbons (Fsp3) is 0.867. The van der Waals surface area contributed by atoms with Gasteiger partial charge in [0.1, 0.15) is 0 Å². The third-order valence-corrected chi connectivity index (χ3v) is 6.01. The van der Waals surface area contributed by atoms with Gasteiger partial charge in [0.2, 0.25) is 0 Å². The summed E-state index contributed by atoms with van der Waals surface area (Å²) in [6.45, 7) is 3.87. The minimum atomic E-state index is 0.967. The van der Waals surface area contributed by atoms with E-state index in [0.29, 0.717) is 0 Å². The Morgan fingerprint density at radius 1 is 0.875 bits per heavy atom. The zero-order chi connectivity index (χ0) is 11.4. The number of hydrogen-bond acceptors (Lipinski definition) is 0. The van der Waals surface area contributed by atoms with E-state index < -0.39 is 0 Å². The molecule has 0 heterocycles. The molecular formula is C15H25I. The summed E-state index contributed by atoms with van der Waals surface area (Å²) in [4.78, 5) is 0. The van der Waals surface area contributed by atoms with Crippen molar-refractivity contribution in [2.24, 2.45) is 17.8 Å². The zero-order valence-electron chi connectivity index (χ0n) is 10.3. The molecule has 2 fully saturated rings. The van der Waals surface area contributed by atoms with Crippen LogP contribution in [0.4, 0.5) is 0 Å². The zero-order valence-corrected chi connectivity index (χ0v) is 12.5. The molecule has 2 saturated carbocycles. The molecule has 0 saturated heterocycles. The van der Waals surface area contributed by atoms with Gasteiger partial charge in [0.15, 0.2) is 0 Å². The number of alkyl halides is 1. The van der Waals surface area contributed by atoms with Crippen LogP contribution >= 0.6 is 22.6 Å². The molecule has 0 aliphatic heterocycles. The highest BCUT2D eigenvalue weighted by Crippen LogP contribution is 2.41. The summed E-state index contributed by atoms with van der Waals surface area (Å²) >= 11 is 2.64. The molecule has 0 bridgehead atoms. The first-order valence-electron chi connectivity index (χ1n) is 7.04. The fourth-order valence-electron chi connectivity index (χ4n) is 3.68. The number of halogens is 1. The monoisotopic (exact) mass is 332 g/mol. The van der Waals surface area contributed by atoms with Crippen molar-refractivity contribution in [2.75, 3.05) is 0 Å². The highest BCUT2D eigenvalue weighted by Gasteiger charge is 2.29. The van der Waals surface area contributed by atoms with Crippen LogP contribution in [0.15, 0.2) is 12.7 Å². The Labute approximate surface area is 114 Å². The molecule has 0 aromatic carbocycles. The van der Waals surface area contributed by atoms with Gasteiger partial charge < -0.3 is 0 Å². The maximum atomic E-state index is 3.87. The summed E-state index contributed by atoms with van der Waals surface area (Å²) in [5.74, 6) is 3.12. The second-order valence-electron chi connectivity index (χ2n) is 5.82. The van der Waals surface area contributed by atoms with Crippen LogP contribution in [0, 0.1) is 17.8 Å². The molecule has 0 spiro atoms. The van der Waals surface area contributed by atoms with Crippen molar-refractivity contribution in [1.82, 2.24) is 0 Å². The van der Waals surface area contributed by atoms with Gasteiger partial charge in [-0.1, -0.05) is 28.7 Å². The van der Waals surface area contributed by atoms with E-state index in [-0.39, 0.29) is 0 Å². The normalized spacial score (nSPS) is 40.6. The molecule has 2 aliphatic carbocycles. The van der Waals surface area contributed by atoms with Crippen LogP contribution in [-0.4, -0.2) is 3.92 Å². The van der Waals surface area contributed by atoms with Crippen LogP contribution in [0.3, 0.4) is 0 Å². The van der Waals surface area contributed by atoms with Crippen LogP contribution < -0.4 is 0 Å². The lowest BCUT2D eigenvalue weighted by atomic mass is 9.70. The maximum absolute atomic E-state index is 3.87. The summed E-state index contributed by atoms with van der Waals surface area (Å²) < 4.78 is 0.978. The van der Waals surface area contributed by atoms with Crippen LogP contribution in [-0.2, 0) is 0 Å². The van der Waals surface area contributed by atoms with Crippen LogP contribution in [0.25, 0.3) is 0 Å². The Kier molecular flexibility index (Phi) is 5.18. The van der Waals surface area contributed by atoms with E-state index in [0.717, 1.165) is 21.7 Å². The van der Waals surface area contributed by atoms with E-state index in [4.69, 9.17) is 0 Å². The second-order valence-corrected chi connectivity index (χ2v) is 7.58. The van der Waals surface area contributed by atoms with Crippen molar-refractivity contribution in [3.05, 3.63) is 12.7 Å². The topological polar surface area (TPSA) is 0 Å². The van der Waals surface area contributed by atoms with Gasteiger partial charge >= 0.3 is 0 Å². The molecule has 2 rings (SSSR count). The van der Waals surface area contributed by atoms with E-state index in [2.05, 4.69) is 35.2 Å². The Balaban J connectivity index is 1.74. The van der Waals surface area contributed by atoms with E-state index in [9.17, 15) is 0 Å². The average molecular weight is 332 g/mol. The lowest BCUT2D eigenvalue weighted by molar-refractivity contribution is 0.171. The Bertz CT molecular complexity index is 207. The average Bonchev–Trinajstić information content (AvgIpc) is 2.32. The SMILES string of the molecule is C=CCC1CCC(C2CCC(I)CC2)CC1. The van der Waals surface area contributed by atoms with E-state index in [1.165, 1.54) is 57.8 Å². The molecule has 0 aromatic rings. The van der Waals surface area contributed by atoms with Crippen molar-refractivity contribution in [3.63, 3.8) is 0 Å². The highest BCUT2D eigenvalue weighted by molar-refractivity contribution is 14.1. The van der Waals surface area contributed by atoms with Gasteiger partial charge in [-0.2, -0.15) is 0 Å². The summed E-state index contributed by atoms with van der Waals surface area (Å²) in [5, 5.41) is 0. The molecule has 0 unspecified atom stereocenters. The molecule has 92 valence electrons. The number of hydrogen-bond donors (Lipinski definition) is 0. The predicted molar refractivity (Wildman–Crippen MR) is 80.0 cm³/mol. The first-order chi connectivity index (χ1) is 7.79. The van der Waals surface area contributed by atoms with E-state index >= 15 is 0 Å². The predicted octanol–water partition coefficient (Wildman–Crippen LogP) is 5.36. The van der Waals surface area contributed by atoms with Crippen LogP contribution in [0.1, 0.15) is 57.8 Å². The van der Waals surface area contributed by atoms with Crippen LogP contribution in [0.2, 0.25) is 0 Å². The van der Waals surface area contributed by atoms with Gasteiger partial charge in [0, 0.05) is 3.92 Å². The van der Waals surface area contributed by atoms with Gasteiger partial charge in [-0.05, 0) is 75.5 Å². The molecule has 2 aliphatic rings. The van der Waals surface area contributed by atoms with Gasteiger partial charge in [-0.25, -0.2) is 0 Å². The van der Waals surface area contributed by atoms with Gasteiger partial charge in [0.25, 0.3) is 0 Å². The Hall–Kier alpha value is 0.470. The summed E-state index contributed by atoms with van der Waals surface area (Å²) in [6.07, 6.45) is 15.3. The number of rotatable bonds is 3. The molecular weight excluding hydrogens is 307 g/mol. The van der Waals surface area contributed by atoms with Gasteiger partial charge in [-0.3, -0.25) is 0 Å². The molecule has 0 N–H and O–H groups in total. The molecule has 0 amide bonds. The third-order valence-electron chi connectivity index (χ3n) is 4.76. The molecule has 0 radical (unpaired) electrons. The minimum Gasteiger partial charge on any atom is -0.103 e. The first-order valence-corrected chi connectivity index (χ1v) is 8.29. The van der Waals surface area contributed by atoms with Crippen molar-refractivity contribution in [3.8, 4) is 0 Å². The van der Waals surface area contributed by atoms with Gasteiger partial charge in [-0.15, -0.1) is 6.58 Å². The largest absolute Gasteiger partial charge is 0.103 e. The smallest absolute Gasteiger partial charge is 0.0110 e. The lowest BCUT2D eigenvalue weighted by Gasteiger charge is -2.36. The highest BCUT2D eigenvalue weighted by atomic mass is 127. The molecule has 1 heteroatoms. The standard InChI is InChI=1S/C15H25I/c1-2-3-12-4-6-13(7-5-12)14-8-10-15(16)11-9-14/h2,12-15H,1,3-11H2. The lowest BCUT2D eigenvalue weighted by Crippen LogP contribution is -2.25. The summed E-state index contributed by atoms with van der Waals surface area (Å²) in [5.41, 5.74) is 0. The molecule has 16 heavy (non-hydrogen) atoms. The van der Waals surface area contributed by atoms with Crippen molar-refractivity contribution < 1.29 is 0 Å². The van der Waals surface area contributed by atoms with E-state index in [1.54, 1.807) is 0 Å². The Morgan fingerprint density at radius 3 is 1.88 bits per heavy atom. The summed E-state index contributed by atoms with van der Waals surface area (Å²) in [6, 6.07) is 0. The molecule has 0 atom stereocenters. The molecule has 0 nitrogen and oxygen atoms in total. The second kappa shape index (κ2) is 6.42. The number of allylic oxidation sites excluding steroid dienone is 1.